The highest BCUT2D eigenvalue weighted by Crippen LogP contribution is 2.22. The fraction of sp³-hybridized carbons (Fsp3) is 0.176. The highest BCUT2D eigenvalue weighted by atomic mass is 32.2. The fourth-order valence-corrected chi connectivity index (χ4v) is 3.56. The smallest absolute Gasteiger partial charge is 0.243 e. The van der Waals surface area contributed by atoms with Crippen LogP contribution in [0.15, 0.2) is 63.9 Å². The molecule has 3 rings (SSSR count). The van der Waals surface area contributed by atoms with Gasteiger partial charge in [0.15, 0.2) is 0 Å². The van der Waals surface area contributed by atoms with E-state index in [0.717, 1.165) is 16.5 Å². The second-order valence-electron chi connectivity index (χ2n) is 5.28. The summed E-state index contributed by atoms with van der Waals surface area (Å²) < 4.78 is 32.1. The van der Waals surface area contributed by atoms with Crippen molar-refractivity contribution in [3.8, 4) is 0 Å². The lowest BCUT2D eigenvalue weighted by Gasteiger charge is -2.16. The molecular weight excluding hydrogens is 298 g/mol. The zero-order valence-corrected chi connectivity index (χ0v) is 13.3. The molecule has 0 amide bonds. The maximum absolute atomic E-state index is 12.7. The molecule has 0 saturated carbocycles. The zero-order chi connectivity index (χ0) is 15.7. The highest BCUT2D eigenvalue weighted by Gasteiger charge is 2.22. The summed E-state index contributed by atoms with van der Waals surface area (Å²) in [6.45, 7) is 2.05. The molecule has 5 heteroatoms. The van der Waals surface area contributed by atoms with Crippen LogP contribution < -0.4 is 0 Å². The lowest BCUT2D eigenvalue weighted by Crippen LogP contribution is -2.26. The summed E-state index contributed by atoms with van der Waals surface area (Å²) in [5.74, 6) is 1.40. The maximum atomic E-state index is 12.7. The minimum absolute atomic E-state index is 0.211. The van der Waals surface area contributed by atoms with Crippen LogP contribution in [0, 0.1) is 6.92 Å². The predicted octanol–water partition coefficient (Wildman–Crippen LogP) is 3.56. The Kier molecular flexibility index (Phi) is 3.76. The monoisotopic (exact) mass is 315 g/mol. The van der Waals surface area contributed by atoms with E-state index in [0.29, 0.717) is 5.76 Å². The van der Waals surface area contributed by atoms with Gasteiger partial charge in [0.05, 0.1) is 11.4 Å². The first-order chi connectivity index (χ1) is 10.5. The molecule has 3 aromatic rings. The van der Waals surface area contributed by atoms with Gasteiger partial charge in [-0.2, -0.15) is 4.31 Å². The number of hydrogen-bond acceptors (Lipinski definition) is 3. The summed E-state index contributed by atoms with van der Waals surface area (Å²) in [6, 6.07) is 16.5. The Balaban J connectivity index is 1.92. The first kappa shape index (κ1) is 14.8. The highest BCUT2D eigenvalue weighted by molar-refractivity contribution is 7.89. The van der Waals surface area contributed by atoms with Gasteiger partial charge in [0.2, 0.25) is 10.0 Å². The molecule has 114 valence electrons. The lowest BCUT2D eigenvalue weighted by molar-refractivity contribution is 0.397. The quantitative estimate of drug-likeness (QED) is 0.739. The van der Waals surface area contributed by atoms with Crippen LogP contribution in [0.1, 0.15) is 11.5 Å². The average molecular weight is 315 g/mol. The molecule has 0 bridgehead atoms. The Morgan fingerprint density at radius 2 is 1.73 bits per heavy atom. The summed E-state index contributed by atoms with van der Waals surface area (Å²) in [7, 11) is -1.99. The summed E-state index contributed by atoms with van der Waals surface area (Å²) in [5, 5.41) is 1.93. The lowest BCUT2D eigenvalue weighted by atomic mass is 10.1. The normalized spacial score (nSPS) is 12.1. The van der Waals surface area contributed by atoms with E-state index in [2.05, 4.69) is 0 Å². The molecule has 0 aliphatic carbocycles. The number of hydrogen-bond donors (Lipinski definition) is 0. The molecule has 0 radical (unpaired) electrons. The molecule has 1 aromatic heterocycles. The van der Waals surface area contributed by atoms with Crippen LogP contribution in [0.5, 0.6) is 0 Å². The standard InChI is InChI=1S/C17H17NO3S/c1-13-7-9-16(21-13)12-18(2)22(19,20)17-10-8-14-5-3-4-6-15(14)11-17/h3-11H,12H2,1-2H3. The number of benzene rings is 2. The van der Waals surface area contributed by atoms with E-state index in [9.17, 15) is 8.42 Å². The Morgan fingerprint density at radius 3 is 2.41 bits per heavy atom. The van der Waals surface area contributed by atoms with Crippen molar-refractivity contribution in [1.82, 2.24) is 4.31 Å². The van der Waals surface area contributed by atoms with Gasteiger partial charge in [-0.15, -0.1) is 0 Å². The SMILES string of the molecule is Cc1ccc(CN(C)S(=O)(=O)c2ccc3ccccc3c2)o1. The number of aryl methyl sites for hydroxylation is 1. The van der Waals surface area contributed by atoms with Crippen molar-refractivity contribution in [3.05, 3.63) is 66.1 Å². The molecule has 2 aromatic carbocycles. The van der Waals surface area contributed by atoms with E-state index in [4.69, 9.17) is 4.42 Å². The molecular formula is C17H17NO3S. The summed E-state index contributed by atoms with van der Waals surface area (Å²) in [6.07, 6.45) is 0. The van der Waals surface area contributed by atoms with Crippen LogP contribution in [0.2, 0.25) is 0 Å². The van der Waals surface area contributed by atoms with Gasteiger partial charge in [-0.3, -0.25) is 0 Å². The molecule has 0 atom stereocenters. The van der Waals surface area contributed by atoms with Crippen molar-refractivity contribution in [1.29, 1.82) is 0 Å². The minimum atomic E-state index is -3.55. The largest absolute Gasteiger partial charge is 0.465 e. The van der Waals surface area contributed by atoms with Crippen LogP contribution in [-0.2, 0) is 16.6 Å². The molecule has 0 aliphatic heterocycles. The van der Waals surface area contributed by atoms with Gasteiger partial charge in [-0.1, -0.05) is 30.3 Å². The van der Waals surface area contributed by atoms with Crippen molar-refractivity contribution in [2.24, 2.45) is 0 Å². The van der Waals surface area contributed by atoms with Gasteiger partial charge in [0.1, 0.15) is 11.5 Å². The molecule has 0 saturated heterocycles. The van der Waals surface area contributed by atoms with Crippen LogP contribution in [-0.4, -0.2) is 19.8 Å². The molecule has 0 spiro atoms. The minimum Gasteiger partial charge on any atom is -0.465 e. The number of sulfonamides is 1. The average Bonchev–Trinajstić information content (AvgIpc) is 2.91. The second kappa shape index (κ2) is 5.59. The molecule has 0 fully saturated rings. The fourth-order valence-electron chi connectivity index (χ4n) is 2.38. The summed E-state index contributed by atoms with van der Waals surface area (Å²) in [4.78, 5) is 0.289. The molecule has 0 N–H and O–H groups in total. The van der Waals surface area contributed by atoms with Gasteiger partial charge in [-0.05, 0) is 42.0 Å². The van der Waals surface area contributed by atoms with Crippen molar-refractivity contribution in [2.75, 3.05) is 7.05 Å². The third kappa shape index (κ3) is 2.77. The molecule has 0 aliphatic rings. The number of rotatable bonds is 4. The summed E-state index contributed by atoms with van der Waals surface area (Å²) in [5.41, 5.74) is 0. The van der Waals surface area contributed by atoms with Crippen LogP contribution in [0.3, 0.4) is 0 Å². The van der Waals surface area contributed by atoms with Gasteiger partial charge in [0, 0.05) is 7.05 Å². The van der Waals surface area contributed by atoms with Gasteiger partial charge >= 0.3 is 0 Å². The van der Waals surface area contributed by atoms with E-state index < -0.39 is 10.0 Å². The number of nitrogens with zero attached hydrogens (tertiary/aromatic N) is 1. The predicted molar refractivity (Wildman–Crippen MR) is 86.0 cm³/mol. The van der Waals surface area contributed by atoms with Gasteiger partial charge in [-0.25, -0.2) is 8.42 Å². The van der Waals surface area contributed by atoms with E-state index in [1.807, 2.05) is 43.3 Å². The van der Waals surface area contributed by atoms with Crippen LogP contribution >= 0.6 is 0 Å². The second-order valence-corrected chi connectivity index (χ2v) is 7.33. The third-order valence-electron chi connectivity index (χ3n) is 3.60. The molecule has 1 heterocycles. The topological polar surface area (TPSA) is 50.5 Å². The Morgan fingerprint density at radius 1 is 1.00 bits per heavy atom. The van der Waals surface area contributed by atoms with E-state index in [-0.39, 0.29) is 11.4 Å². The van der Waals surface area contributed by atoms with Crippen molar-refractivity contribution in [3.63, 3.8) is 0 Å². The van der Waals surface area contributed by atoms with E-state index >= 15 is 0 Å². The zero-order valence-electron chi connectivity index (χ0n) is 12.5. The number of furan rings is 1. The van der Waals surface area contributed by atoms with Crippen molar-refractivity contribution >= 4 is 20.8 Å². The van der Waals surface area contributed by atoms with Gasteiger partial charge < -0.3 is 4.42 Å². The van der Waals surface area contributed by atoms with Crippen molar-refractivity contribution < 1.29 is 12.8 Å². The van der Waals surface area contributed by atoms with Crippen LogP contribution in [0.25, 0.3) is 10.8 Å². The van der Waals surface area contributed by atoms with Gasteiger partial charge in [0.25, 0.3) is 0 Å². The first-order valence-corrected chi connectivity index (χ1v) is 8.41. The number of fused-ring (bicyclic) bond motifs is 1. The Bertz CT molecular complexity index is 912. The third-order valence-corrected chi connectivity index (χ3v) is 5.40. The molecule has 0 unspecified atom stereocenters. The molecule has 22 heavy (non-hydrogen) atoms. The van der Waals surface area contributed by atoms with E-state index in [1.165, 1.54) is 4.31 Å². The maximum Gasteiger partial charge on any atom is 0.243 e. The van der Waals surface area contributed by atoms with Crippen molar-refractivity contribution in [2.45, 2.75) is 18.4 Å². The van der Waals surface area contributed by atoms with E-state index in [1.54, 1.807) is 25.2 Å². The Labute approximate surface area is 130 Å². The van der Waals surface area contributed by atoms with Crippen LogP contribution in [0.4, 0.5) is 0 Å². The first-order valence-electron chi connectivity index (χ1n) is 6.97. The Hall–Kier alpha value is -2.11. The summed E-state index contributed by atoms with van der Waals surface area (Å²) >= 11 is 0. The molecule has 4 nitrogen and oxygen atoms in total.